The highest BCUT2D eigenvalue weighted by Crippen LogP contribution is 2.32. The summed E-state index contributed by atoms with van der Waals surface area (Å²) in [5, 5.41) is 5.84. The predicted octanol–water partition coefficient (Wildman–Crippen LogP) is 6.83. The summed E-state index contributed by atoms with van der Waals surface area (Å²) in [5.74, 6) is -2.09. The molecule has 0 radical (unpaired) electrons. The van der Waals surface area contributed by atoms with Gasteiger partial charge in [0.25, 0.3) is 17.7 Å². The van der Waals surface area contributed by atoms with E-state index in [0.29, 0.717) is 33.2 Å². The standard InChI is InChI=1S/C31H27Cl2N3O5/c1-18-10-11-20(28(37)34-22-14-12-19(13-15-22)31(40)41-24-8-3-2-4-9-24)16-25(18)35-27-26(33)29(38)36(30(27)39)23-7-5-6-21(32)17-23/h5-7,10-17,24,35H,2-4,8-9H2,1H3,(H,34,37). The van der Waals surface area contributed by atoms with Crippen LogP contribution in [-0.2, 0) is 14.3 Å². The van der Waals surface area contributed by atoms with E-state index < -0.39 is 17.7 Å². The number of ether oxygens (including phenoxy) is 1. The molecule has 1 aliphatic heterocycles. The maximum absolute atomic E-state index is 13.1. The largest absolute Gasteiger partial charge is 0.459 e. The molecule has 2 aliphatic rings. The molecular formula is C31H27Cl2N3O5. The summed E-state index contributed by atoms with van der Waals surface area (Å²) in [7, 11) is 0. The lowest BCUT2D eigenvalue weighted by molar-refractivity contribution is -0.120. The first-order valence-corrected chi connectivity index (χ1v) is 14.0. The van der Waals surface area contributed by atoms with Crippen molar-refractivity contribution in [2.45, 2.75) is 45.1 Å². The molecule has 210 valence electrons. The van der Waals surface area contributed by atoms with Crippen molar-refractivity contribution in [2.24, 2.45) is 0 Å². The number of esters is 1. The Hall–Kier alpha value is -4.14. The van der Waals surface area contributed by atoms with Crippen LogP contribution in [0.4, 0.5) is 17.1 Å². The van der Waals surface area contributed by atoms with Crippen LogP contribution in [0.1, 0.15) is 58.4 Å². The highest BCUT2D eigenvalue weighted by atomic mass is 35.5. The molecule has 0 bridgehead atoms. The Balaban J connectivity index is 1.27. The molecule has 0 aromatic heterocycles. The van der Waals surface area contributed by atoms with Crippen LogP contribution >= 0.6 is 23.2 Å². The van der Waals surface area contributed by atoms with Crippen molar-refractivity contribution in [1.82, 2.24) is 0 Å². The van der Waals surface area contributed by atoms with Crippen molar-refractivity contribution in [2.75, 3.05) is 15.5 Å². The Morgan fingerprint density at radius 1 is 0.878 bits per heavy atom. The fourth-order valence-electron chi connectivity index (χ4n) is 4.79. The van der Waals surface area contributed by atoms with Gasteiger partial charge >= 0.3 is 5.97 Å². The summed E-state index contributed by atoms with van der Waals surface area (Å²) < 4.78 is 5.60. The fraction of sp³-hybridized carbons (Fsp3) is 0.226. The van der Waals surface area contributed by atoms with E-state index in [9.17, 15) is 19.2 Å². The third kappa shape index (κ3) is 6.29. The predicted molar refractivity (Wildman–Crippen MR) is 158 cm³/mol. The van der Waals surface area contributed by atoms with Gasteiger partial charge in [-0.05, 0) is 92.8 Å². The van der Waals surface area contributed by atoms with Gasteiger partial charge in [-0.1, -0.05) is 41.8 Å². The SMILES string of the molecule is Cc1ccc(C(=O)Nc2ccc(C(=O)OC3CCCCC3)cc2)cc1NC1=C(Cl)C(=O)N(c2cccc(Cl)c2)C1=O. The van der Waals surface area contributed by atoms with Crippen LogP contribution in [-0.4, -0.2) is 29.8 Å². The monoisotopic (exact) mass is 591 g/mol. The maximum Gasteiger partial charge on any atom is 0.338 e. The number of halogens is 2. The van der Waals surface area contributed by atoms with Gasteiger partial charge in [0.15, 0.2) is 0 Å². The van der Waals surface area contributed by atoms with Gasteiger partial charge in [-0.2, -0.15) is 0 Å². The summed E-state index contributed by atoms with van der Waals surface area (Å²) in [6.07, 6.45) is 5.05. The van der Waals surface area contributed by atoms with Gasteiger partial charge < -0.3 is 15.4 Å². The van der Waals surface area contributed by atoms with Gasteiger partial charge in [0.1, 0.15) is 16.8 Å². The molecule has 2 N–H and O–H groups in total. The minimum atomic E-state index is -0.681. The number of carbonyl (C=O) groups excluding carboxylic acids is 4. The first-order valence-electron chi connectivity index (χ1n) is 13.3. The minimum absolute atomic E-state index is 0.0387. The van der Waals surface area contributed by atoms with E-state index in [4.69, 9.17) is 27.9 Å². The van der Waals surface area contributed by atoms with E-state index >= 15 is 0 Å². The van der Waals surface area contributed by atoms with Crippen molar-refractivity contribution in [1.29, 1.82) is 0 Å². The molecule has 0 unspecified atom stereocenters. The second kappa shape index (κ2) is 12.2. The molecule has 10 heteroatoms. The van der Waals surface area contributed by atoms with Gasteiger partial charge in [0, 0.05) is 22.0 Å². The number of amides is 3. The number of hydrogen-bond donors (Lipinski definition) is 2. The number of aryl methyl sites for hydroxylation is 1. The van der Waals surface area contributed by atoms with Crippen LogP contribution in [0.2, 0.25) is 5.02 Å². The topological polar surface area (TPSA) is 105 Å². The normalized spacial score (nSPS) is 15.7. The molecule has 41 heavy (non-hydrogen) atoms. The average Bonchev–Trinajstić information content (AvgIpc) is 3.17. The minimum Gasteiger partial charge on any atom is -0.459 e. The Labute approximate surface area is 247 Å². The molecule has 0 atom stereocenters. The molecular weight excluding hydrogens is 565 g/mol. The van der Waals surface area contributed by atoms with Crippen molar-refractivity contribution in [3.05, 3.63) is 99.2 Å². The second-order valence-electron chi connectivity index (χ2n) is 9.97. The van der Waals surface area contributed by atoms with Gasteiger partial charge in [-0.3, -0.25) is 14.4 Å². The summed E-state index contributed by atoms with van der Waals surface area (Å²) in [5.41, 5.74) is 2.57. The van der Waals surface area contributed by atoms with E-state index in [1.54, 1.807) is 67.6 Å². The lowest BCUT2D eigenvalue weighted by atomic mass is 9.98. The van der Waals surface area contributed by atoms with E-state index in [0.717, 1.165) is 36.1 Å². The number of nitrogens with zero attached hydrogens (tertiary/aromatic N) is 1. The van der Waals surface area contributed by atoms with Crippen molar-refractivity contribution in [3.8, 4) is 0 Å². The summed E-state index contributed by atoms with van der Waals surface area (Å²) in [6, 6.07) is 17.8. The van der Waals surface area contributed by atoms with Gasteiger partial charge in [-0.25, -0.2) is 9.69 Å². The first kappa shape index (κ1) is 28.4. The zero-order valence-corrected chi connectivity index (χ0v) is 23.7. The van der Waals surface area contributed by atoms with Gasteiger partial charge in [0.2, 0.25) is 0 Å². The van der Waals surface area contributed by atoms with Crippen LogP contribution < -0.4 is 15.5 Å². The highest BCUT2D eigenvalue weighted by Gasteiger charge is 2.39. The Morgan fingerprint density at radius 3 is 2.29 bits per heavy atom. The summed E-state index contributed by atoms with van der Waals surface area (Å²) in [6.45, 7) is 1.79. The number of benzene rings is 3. The zero-order valence-electron chi connectivity index (χ0n) is 22.2. The van der Waals surface area contributed by atoms with Gasteiger partial charge in [0.05, 0.1) is 11.3 Å². The number of imide groups is 1. The molecule has 3 amide bonds. The van der Waals surface area contributed by atoms with Crippen molar-refractivity contribution < 1.29 is 23.9 Å². The van der Waals surface area contributed by atoms with Crippen LogP contribution in [0, 0.1) is 6.92 Å². The average molecular weight is 592 g/mol. The molecule has 0 saturated heterocycles. The molecule has 3 aromatic rings. The lowest BCUT2D eigenvalue weighted by Gasteiger charge is -2.21. The molecule has 0 spiro atoms. The number of rotatable bonds is 7. The van der Waals surface area contributed by atoms with Crippen LogP contribution in [0.3, 0.4) is 0 Å². The molecule has 1 saturated carbocycles. The number of nitrogens with one attached hydrogen (secondary N) is 2. The number of anilines is 3. The summed E-state index contributed by atoms with van der Waals surface area (Å²) in [4.78, 5) is 52.4. The van der Waals surface area contributed by atoms with Crippen LogP contribution in [0.5, 0.6) is 0 Å². The number of hydrogen-bond acceptors (Lipinski definition) is 6. The highest BCUT2D eigenvalue weighted by molar-refractivity contribution is 6.53. The first-order chi connectivity index (χ1) is 19.7. The fourth-order valence-corrected chi connectivity index (χ4v) is 5.19. The van der Waals surface area contributed by atoms with E-state index in [2.05, 4.69) is 10.6 Å². The molecule has 1 fully saturated rings. The third-order valence-electron chi connectivity index (χ3n) is 7.06. The molecule has 3 aromatic carbocycles. The Morgan fingerprint density at radius 2 is 1.59 bits per heavy atom. The van der Waals surface area contributed by atoms with Crippen LogP contribution in [0.25, 0.3) is 0 Å². The molecule has 8 nitrogen and oxygen atoms in total. The van der Waals surface area contributed by atoms with Crippen molar-refractivity contribution >= 4 is 64.0 Å². The second-order valence-corrected chi connectivity index (χ2v) is 10.8. The van der Waals surface area contributed by atoms with Crippen LogP contribution in [0.15, 0.2) is 77.5 Å². The van der Waals surface area contributed by atoms with E-state index in [1.165, 1.54) is 12.5 Å². The maximum atomic E-state index is 13.1. The smallest absolute Gasteiger partial charge is 0.338 e. The number of carbonyl (C=O) groups is 4. The molecule has 1 aliphatic carbocycles. The van der Waals surface area contributed by atoms with E-state index in [1.807, 2.05) is 0 Å². The summed E-state index contributed by atoms with van der Waals surface area (Å²) >= 11 is 12.3. The lowest BCUT2D eigenvalue weighted by Crippen LogP contribution is -2.32. The Bertz CT molecular complexity index is 1560. The zero-order chi connectivity index (χ0) is 29.1. The van der Waals surface area contributed by atoms with Gasteiger partial charge in [-0.15, -0.1) is 0 Å². The van der Waals surface area contributed by atoms with E-state index in [-0.39, 0.29) is 22.8 Å². The Kier molecular flexibility index (Phi) is 8.42. The molecule has 5 rings (SSSR count). The third-order valence-corrected chi connectivity index (χ3v) is 7.64. The van der Waals surface area contributed by atoms with Crippen molar-refractivity contribution in [3.63, 3.8) is 0 Å². The quantitative estimate of drug-likeness (QED) is 0.230. The molecule has 1 heterocycles.